The zero-order valence-electron chi connectivity index (χ0n) is 8.11. The molecule has 2 N–H and O–H groups in total. The Kier molecular flexibility index (Phi) is 3.78. The molecule has 1 atom stereocenters. The summed E-state index contributed by atoms with van der Waals surface area (Å²) in [5.41, 5.74) is 6.81. The van der Waals surface area contributed by atoms with Crippen LogP contribution >= 0.6 is 15.9 Å². The number of hydrogen-bond donors (Lipinski definition) is 1. The fourth-order valence-corrected chi connectivity index (χ4v) is 1.75. The van der Waals surface area contributed by atoms with Gasteiger partial charge in [-0.3, -0.25) is 0 Å². The molecule has 0 amide bonds. The fraction of sp³-hybridized carbons (Fsp3) is 0.400. The first-order valence-corrected chi connectivity index (χ1v) is 5.17. The molecule has 0 radical (unpaired) electrons. The molecule has 0 saturated heterocycles. The summed E-state index contributed by atoms with van der Waals surface area (Å²) in [4.78, 5) is 0. The standard InChI is InChI=1S/C10H11BrF3N/c1-6-2-3-7(11)4-8(6)9(15)5-10(12,13)14/h2-4,9H,5,15H2,1H3/t9-/m0/s1. The molecule has 0 spiro atoms. The van der Waals surface area contributed by atoms with Gasteiger partial charge in [0.25, 0.3) is 0 Å². The summed E-state index contributed by atoms with van der Waals surface area (Å²) in [6.45, 7) is 1.75. The molecular weight excluding hydrogens is 271 g/mol. The van der Waals surface area contributed by atoms with Crippen LogP contribution < -0.4 is 5.73 Å². The monoisotopic (exact) mass is 281 g/mol. The van der Waals surface area contributed by atoms with Gasteiger partial charge in [0.05, 0.1) is 6.42 Å². The van der Waals surface area contributed by atoms with Crippen LogP contribution in [0.5, 0.6) is 0 Å². The highest BCUT2D eigenvalue weighted by Gasteiger charge is 2.31. The van der Waals surface area contributed by atoms with Gasteiger partial charge in [0.2, 0.25) is 0 Å². The van der Waals surface area contributed by atoms with E-state index in [9.17, 15) is 13.2 Å². The third kappa shape index (κ3) is 3.83. The molecule has 0 saturated carbocycles. The summed E-state index contributed by atoms with van der Waals surface area (Å²) >= 11 is 3.21. The summed E-state index contributed by atoms with van der Waals surface area (Å²) in [6, 6.07) is 4.16. The molecule has 84 valence electrons. The molecule has 0 aliphatic carbocycles. The van der Waals surface area contributed by atoms with Gasteiger partial charge >= 0.3 is 6.18 Å². The highest BCUT2D eigenvalue weighted by atomic mass is 79.9. The minimum absolute atomic E-state index is 0.529. The van der Waals surface area contributed by atoms with Crippen LogP contribution in [0.25, 0.3) is 0 Å². The van der Waals surface area contributed by atoms with Gasteiger partial charge in [0.1, 0.15) is 0 Å². The third-order valence-electron chi connectivity index (χ3n) is 2.09. The molecule has 5 heteroatoms. The second-order valence-electron chi connectivity index (χ2n) is 3.43. The van der Waals surface area contributed by atoms with Gasteiger partial charge in [0.15, 0.2) is 0 Å². The second kappa shape index (κ2) is 4.53. The zero-order chi connectivity index (χ0) is 11.6. The Morgan fingerprint density at radius 3 is 2.53 bits per heavy atom. The number of benzene rings is 1. The summed E-state index contributed by atoms with van der Waals surface area (Å²) in [7, 11) is 0. The first-order valence-electron chi connectivity index (χ1n) is 4.38. The van der Waals surface area contributed by atoms with Gasteiger partial charge in [-0.25, -0.2) is 0 Å². The van der Waals surface area contributed by atoms with Crippen molar-refractivity contribution in [1.29, 1.82) is 0 Å². The van der Waals surface area contributed by atoms with E-state index >= 15 is 0 Å². The quantitative estimate of drug-likeness (QED) is 0.879. The predicted octanol–water partition coefficient (Wildman–Crippen LogP) is 3.71. The second-order valence-corrected chi connectivity index (χ2v) is 4.34. The normalized spacial score (nSPS) is 14.0. The van der Waals surface area contributed by atoms with E-state index in [1.165, 1.54) is 0 Å². The van der Waals surface area contributed by atoms with Crippen LogP contribution in [-0.2, 0) is 0 Å². The van der Waals surface area contributed by atoms with E-state index in [0.717, 1.165) is 10.0 Å². The van der Waals surface area contributed by atoms with Crippen LogP contribution in [0.2, 0.25) is 0 Å². The molecule has 0 aliphatic rings. The van der Waals surface area contributed by atoms with Gasteiger partial charge in [-0.2, -0.15) is 13.2 Å². The number of aryl methyl sites for hydroxylation is 1. The van der Waals surface area contributed by atoms with Crippen LogP contribution in [0, 0.1) is 6.92 Å². The van der Waals surface area contributed by atoms with Gasteiger partial charge < -0.3 is 5.73 Å². The molecule has 1 aromatic carbocycles. The minimum atomic E-state index is -4.23. The molecule has 15 heavy (non-hydrogen) atoms. The Balaban J connectivity index is 2.90. The third-order valence-corrected chi connectivity index (χ3v) is 2.59. The van der Waals surface area contributed by atoms with E-state index in [1.807, 2.05) is 0 Å². The molecule has 0 bridgehead atoms. The summed E-state index contributed by atoms with van der Waals surface area (Å²) < 4.78 is 37.1. The SMILES string of the molecule is Cc1ccc(Br)cc1[C@@H](N)CC(F)(F)F. The van der Waals surface area contributed by atoms with Gasteiger partial charge in [-0.1, -0.05) is 22.0 Å². The molecule has 0 aliphatic heterocycles. The van der Waals surface area contributed by atoms with Gasteiger partial charge in [-0.05, 0) is 30.2 Å². The summed E-state index contributed by atoms with van der Waals surface area (Å²) in [5, 5.41) is 0. The van der Waals surface area contributed by atoms with Crippen molar-refractivity contribution in [3.63, 3.8) is 0 Å². The number of alkyl halides is 3. The Labute approximate surface area is 94.6 Å². The zero-order valence-corrected chi connectivity index (χ0v) is 9.69. The maximum atomic E-state index is 12.1. The lowest BCUT2D eigenvalue weighted by atomic mass is 9.99. The Morgan fingerprint density at radius 1 is 1.40 bits per heavy atom. The molecule has 1 rings (SSSR count). The van der Waals surface area contributed by atoms with Crippen LogP contribution in [0.1, 0.15) is 23.6 Å². The van der Waals surface area contributed by atoms with Crippen LogP contribution in [0.4, 0.5) is 13.2 Å². The van der Waals surface area contributed by atoms with Crippen molar-refractivity contribution < 1.29 is 13.2 Å². The van der Waals surface area contributed by atoms with Crippen molar-refractivity contribution in [2.45, 2.75) is 25.6 Å². The topological polar surface area (TPSA) is 26.0 Å². The Morgan fingerprint density at radius 2 is 2.00 bits per heavy atom. The van der Waals surface area contributed by atoms with Gasteiger partial charge in [0, 0.05) is 10.5 Å². The molecule has 1 aromatic rings. The number of rotatable bonds is 2. The lowest BCUT2D eigenvalue weighted by Crippen LogP contribution is -2.20. The van der Waals surface area contributed by atoms with Crippen molar-refractivity contribution in [2.75, 3.05) is 0 Å². The van der Waals surface area contributed by atoms with E-state index in [4.69, 9.17) is 5.73 Å². The largest absolute Gasteiger partial charge is 0.390 e. The number of hydrogen-bond acceptors (Lipinski definition) is 1. The maximum Gasteiger partial charge on any atom is 0.390 e. The van der Waals surface area contributed by atoms with Crippen LogP contribution in [0.15, 0.2) is 22.7 Å². The molecule has 1 nitrogen and oxygen atoms in total. The number of halogens is 4. The maximum absolute atomic E-state index is 12.1. The highest BCUT2D eigenvalue weighted by molar-refractivity contribution is 9.10. The molecule has 0 aromatic heterocycles. The van der Waals surface area contributed by atoms with E-state index in [2.05, 4.69) is 15.9 Å². The highest BCUT2D eigenvalue weighted by Crippen LogP contribution is 2.30. The van der Waals surface area contributed by atoms with Gasteiger partial charge in [-0.15, -0.1) is 0 Å². The van der Waals surface area contributed by atoms with Crippen LogP contribution in [-0.4, -0.2) is 6.18 Å². The molecule has 0 unspecified atom stereocenters. The van der Waals surface area contributed by atoms with Crippen LogP contribution in [0.3, 0.4) is 0 Å². The molecular formula is C10H11BrF3N. The van der Waals surface area contributed by atoms with E-state index in [0.29, 0.717) is 5.56 Å². The predicted molar refractivity (Wildman–Crippen MR) is 56.5 cm³/mol. The smallest absolute Gasteiger partial charge is 0.324 e. The van der Waals surface area contributed by atoms with E-state index in [1.54, 1.807) is 25.1 Å². The molecule has 0 fully saturated rings. The van der Waals surface area contributed by atoms with E-state index in [-0.39, 0.29) is 0 Å². The molecule has 0 heterocycles. The first-order chi connectivity index (χ1) is 6.79. The average molecular weight is 282 g/mol. The minimum Gasteiger partial charge on any atom is -0.324 e. The van der Waals surface area contributed by atoms with Crippen molar-refractivity contribution in [1.82, 2.24) is 0 Å². The van der Waals surface area contributed by atoms with E-state index < -0.39 is 18.6 Å². The summed E-state index contributed by atoms with van der Waals surface area (Å²) in [6.07, 6.45) is -5.22. The first kappa shape index (κ1) is 12.5. The Bertz CT molecular complexity index is 349. The fourth-order valence-electron chi connectivity index (χ4n) is 1.37. The van der Waals surface area contributed by atoms with Crippen molar-refractivity contribution in [3.05, 3.63) is 33.8 Å². The Hall–Kier alpha value is -0.550. The number of nitrogens with two attached hydrogens (primary N) is 1. The average Bonchev–Trinajstić information content (AvgIpc) is 2.06. The van der Waals surface area contributed by atoms with Crippen molar-refractivity contribution in [2.24, 2.45) is 5.73 Å². The van der Waals surface area contributed by atoms with Crippen molar-refractivity contribution >= 4 is 15.9 Å². The summed E-state index contributed by atoms with van der Waals surface area (Å²) in [5.74, 6) is 0. The van der Waals surface area contributed by atoms with Crippen molar-refractivity contribution in [3.8, 4) is 0 Å². The lowest BCUT2D eigenvalue weighted by Gasteiger charge is -2.16. The lowest BCUT2D eigenvalue weighted by molar-refractivity contribution is -0.138.